The van der Waals surface area contributed by atoms with Crippen LogP contribution in [0.15, 0.2) is 42.5 Å². The number of hydrogen-bond donors (Lipinski definition) is 1. The monoisotopic (exact) mass is 458 g/mol. The molecule has 2 amide bonds. The molecule has 0 spiro atoms. The predicted molar refractivity (Wildman–Crippen MR) is 129 cm³/mol. The molecule has 1 N–H and O–H groups in total. The van der Waals surface area contributed by atoms with Gasteiger partial charge in [0.2, 0.25) is 11.8 Å². The lowest BCUT2D eigenvalue weighted by atomic mass is 10.1. The molecular formula is C25H31ClN2O4. The second-order valence-corrected chi connectivity index (χ2v) is 8.06. The normalized spacial score (nSPS) is 11.0. The van der Waals surface area contributed by atoms with Crippen molar-refractivity contribution in [2.75, 3.05) is 25.5 Å². The molecular weight excluding hydrogens is 428 g/mol. The standard InChI is InChI=1S/C25H31ClN2O4/c1-6-13-28(16-23(29)27-21-10-8-7-9-18(21)4)24(30)12-11-19-14-20(26)25(32-17(2)3)22(15-19)31-5/h7-12,14-15,17H,6,13,16H2,1-5H3,(H,27,29)/b12-11+. The zero-order valence-electron chi connectivity index (χ0n) is 19.3. The molecule has 0 saturated heterocycles. The van der Waals surface area contributed by atoms with Gasteiger partial charge in [0, 0.05) is 18.3 Å². The number of para-hydroxylation sites is 1. The minimum atomic E-state index is -0.260. The van der Waals surface area contributed by atoms with Crippen LogP contribution in [0, 0.1) is 6.92 Å². The number of nitrogens with one attached hydrogen (secondary N) is 1. The maximum atomic E-state index is 12.8. The highest BCUT2D eigenvalue weighted by Crippen LogP contribution is 2.37. The van der Waals surface area contributed by atoms with Gasteiger partial charge in [-0.25, -0.2) is 0 Å². The summed E-state index contributed by atoms with van der Waals surface area (Å²) in [5, 5.41) is 3.26. The van der Waals surface area contributed by atoms with E-state index in [-0.39, 0.29) is 24.5 Å². The smallest absolute Gasteiger partial charge is 0.247 e. The fourth-order valence-corrected chi connectivity index (χ4v) is 3.34. The van der Waals surface area contributed by atoms with E-state index >= 15 is 0 Å². The number of carbonyl (C=O) groups excluding carboxylic acids is 2. The second kappa shape index (κ2) is 12.2. The van der Waals surface area contributed by atoms with E-state index < -0.39 is 0 Å². The van der Waals surface area contributed by atoms with Crippen molar-refractivity contribution in [1.82, 2.24) is 4.90 Å². The molecule has 0 aliphatic heterocycles. The van der Waals surface area contributed by atoms with Crippen molar-refractivity contribution in [1.29, 1.82) is 0 Å². The van der Waals surface area contributed by atoms with Crippen LogP contribution in [0.2, 0.25) is 5.02 Å². The van der Waals surface area contributed by atoms with E-state index in [2.05, 4.69) is 5.32 Å². The van der Waals surface area contributed by atoms with E-state index in [4.69, 9.17) is 21.1 Å². The topological polar surface area (TPSA) is 67.9 Å². The number of hydrogen-bond acceptors (Lipinski definition) is 4. The first kappa shape index (κ1) is 25.3. The van der Waals surface area contributed by atoms with Gasteiger partial charge in [0.05, 0.1) is 18.2 Å². The van der Waals surface area contributed by atoms with Crippen molar-refractivity contribution in [2.45, 2.75) is 40.2 Å². The summed E-state index contributed by atoms with van der Waals surface area (Å²) in [6, 6.07) is 11.0. The Morgan fingerprint density at radius 1 is 1.22 bits per heavy atom. The molecule has 0 aliphatic rings. The Bertz CT molecular complexity index is 972. The minimum absolute atomic E-state index is 0.0312. The highest BCUT2D eigenvalue weighted by Gasteiger charge is 2.16. The van der Waals surface area contributed by atoms with Crippen molar-refractivity contribution < 1.29 is 19.1 Å². The van der Waals surface area contributed by atoms with E-state index in [1.54, 1.807) is 18.2 Å². The first-order valence-corrected chi connectivity index (χ1v) is 11.0. The number of carbonyl (C=O) groups is 2. The Kier molecular flexibility index (Phi) is 9.60. The third-order valence-corrected chi connectivity index (χ3v) is 4.86. The molecule has 2 rings (SSSR count). The third-order valence-electron chi connectivity index (χ3n) is 4.58. The van der Waals surface area contributed by atoms with E-state index in [0.29, 0.717) is 28.6 Å². The number of ether oxygens (including phenoxy) is 2. The van der Waals surface area contributed by atoms with Crippen molar-refractivity contribution in [3.05, 3.63) is 58.6 Å². The summed E-state index contributed by atoms with van der Waals surface area (Å²) in [5.74, 6) is 0.452. The van der Waals surface area contributed by atoms with Crippen molar-refractivity contribution in [3.63, 3.8) is 0 Å². The largest absolute Gasteiger partial charge is 0.493 e. The summed E-state index contributed by atoms with van der Waals surface area (Å²) in [4.78, 5) is 26.8. The van der Waals surface area contributed by atoms with Gasteiger partial charge in [-0.2, -0.15) is 0 Å². The van der Waals surface area contributed by atoms with Crippen LogP contribution in [0.5, 0.6) is 11.5 Å². The molecule has 7 heteroatoms. The Hall–Kier alpha value is -2.99. The Morgan fingerprint density at radius 3 is 2.56 bits per heavy atom. The number of rotatable bonds is 10. The number of benzene rings is 2. The molecule has 0 aromatic heterocycles. The Labute approximate surface area is 195 Å². The number of methoxy groups -OCH3 is 1. The number of amides is 2. The number of halogens is 1. The molecule has 0 aliphatic carbocycles. The number of aryl methyl sites for hydroxylation is 1. The van der Waals surface area contributed by atoms with Gasteiger partial charge in [-0.3, -0.25) is 9.59 Å². The minimum Gasteiger partial charge on any atom is -0.493 e. The summed E-state index contributed by atoms with van der Waals surface area (Å²) >= 11 is 6.36. The van der Waals surface area contributed by atoms with Gasteiger partial charge in [-0.05, 0) is 62.6 Å². The molecule has 0 bridgehead atoms. The van der Waals surface area contributed by atoms with Gasteiger partial charge in [-0.1, -0.05) is 36.7 Å². The van der Waals surface area contributed by atoms with Gasteiger partial charge < -0.3 is 19.7 Å². The van der Waals surface area contributed by atoms with Crippen LogP contribution in [-0.4, -0.2) is 43.0 Å². The quantitative estimate of drug-likeness (QED) is 0.488. The second-order valence-electron chi connectivity index (χ2n) is 7.66. The van der Waals surface area contributed by atoms with E-state index in [0.717, 1.165) is 17.7 Å². The van der Waals surface area contributed by atoms with E-state index in [1.165, 1.54) is 18.1 Å². The molecule has 172 valence electrons. The van der Waals surface area contributed by atoms with Gasteiger partial charge in [0.1, 0.15) is 6.54 Å². The molecule has 0 radical (unpaired) electrons. The molecule has 6 nitrogen and oxygen atoms in total. The van der Waals surface area contributed by atoms with Gasteiger partial charge in [0.15, 0.2) is 11.5 Å². The molecule has 32 heavy (non-hydrogen) atoms. The molecule has 2 aromatic carbocycles. The maximum absolute atomic E-state index is 12.8. The van der Waals surface area contributed by atoms with Crippen molar-refractivity contribution in [3.8, 4) is 11.5 Å². The molecule has 0 fully saturated rings. The van der Waals surface area contributed by atoms with Crippen LogP contribution in [0.1, 0.15) is 38.3 Å². The Morgan fingerprint density at radius 2 is 1.94 bits per heavy atom. The first-order valence-electron chi connectivity index (χ1n) is 10.6. The summed E-state index contributed by atoms with van der Waals surface area (Å²) in [5.41, 5.74) is 2.39. The van der Waals surface area contributed by atoms with Crippen LogP contribution in [0.3, 0.4) is 0 Å². The average Bonchev–Trinajstić information content (AvgIpc) is 2.74. The number of anilines is 1. The molecule has 0 saturated carbocycles. The highest BCUT2D eigenvalue weighted by atomic mass is 35.5. The van der Waals surface area contributed by atoms with Gasteiger partial charge >= 0.3 is 0 Å². The van der Waals surface area contributed by atoms with E-state index in [9.17, 15) is 9.59 Å². The SMILES string of the molecule is CCCN(CC(=O)Nc1ccccc1C)C(=O)/C=C/c1cc(Cl)c(OC(C)C)c(OC)c1. The summed E-state index contributed by atoms with van der Waals surface area (Å²) in [6.07, 6.45) is 3.76. The lowest BCUT2D eigenvalue weighted by Gasteiger charge is -2.20. The van der Waals surface area contributed by atoms with Crippen LogP contribution in [-0.2, 0) is 9.59 Å². The fourth-order valence-electron chi connectivity index (χ4n) is 3.07. The van der Waals surface area contributed by atoms with E-state index in [1.807, 2.05) is 52.0 Å². The molecule has 0 atom stereocenters. The molecule has 2 aromatic rings. The van der Waals surface area contributed by atoms with Gasteiger partial charge in [-0.15, -0.1) is 0 Å². The lowest BCUT2D eigenvalue weighted by molar-refractivity contribution is -0.130. The zero-order chi connectivity index (χ0) is 23.7. The number of nitrogens with zero attached hydrogens (tertiary/aromatic N) is 1. The Balaban J connectivity index is 2.12. The average molecular weight is 459 g/mol. The highest BCUT2D eigenvalue weighted by molar-refractivity contribution is 6.32. The predicted octanol–water partition coefficient (Wildman–Crippen LogP) is 5.33. The zero-order valence-corrected chi connectivity index (χ0v) is 20.0. The lowest BCUT2D eigenvalue weighted by Crippen LogP contribution is -2.37. The van der Waals surface area contributed by atoms with Crippen LogP contribution in [0.25, 0.3) is 6.08 Å². The fraction of sp³-hybridized carbons (Fsp3) is 0.360. The molecule has 0 heterocycles. The first-order chi connectivity index (χ1) is 15.2. The van der Waals surface area contributed by atoms with Gasteiger partial charge in [0.25, 0.3) is 0 Å². The summed E-state index contributed by atoms with van der Waals surface area (Å²) in [7, 11) is 1.54. The summed E-state index contributed by atoms with van der Waals surface area (Å²) < 4.78 is 11.1. The maximum Gasteiger partial charge on any atom is 0.247 e. The molecule has 0 unspecified atom stereocenters. The van der Waals surface area contributed by atoms with Crippen molar-refractivity contribution >= 4 is 35.2 Å². The van der Waals surface area contributed by atoms with Crippen molar-refractivity contribution in [2.24, 2.45) is 0 Å². The summed E-state index contributed by atoms with van der Waals surface area (Å²) in [6.45, 7) is 8.12. The third kappa shape index (κ3) is 7.31. The van der Waals surface area contributed by atoms with Crippen LogP contribution >= 0.6 is 11.6 Å². The van der Waals surface area contributed by atoms with Crippen LogP contribution < -0.4 is 14.8 Å². The van der Waals surface area contributed by atoms with Crippen LogP contribution in [0.4, 0.5) is 5.69 Å².